The Bertz CT molecular complexity index is 993. The van der Waals surface area contributed by atoms with Crippen molar-refractivity contribution in [2.24, 2.45) is 0 Å². The van der Waals surface area contributed by atoms with Crippen molar-refractivity contribution in [2.75, 3.05) is 20.8 Å². The molecule has 0 atom stereocenters. The number of methoxy groups -OCH3 is 2. The number of hydrogen-bond acceptors (Lipinski definition) is 7. The molecule has 2 aromatic carbocycles. The lowest BCUT2D eigenvalue weighted by Crippen LogP contribution is -2.18. The highest BCUT2D eigenvalue weighted by Crippen LogP contribution is 2.30. The lowest BCUT2D eigenvalue weighted by atomic mass is 10.1. The van der Waals surface area contributed by atoms with Crippen molar-refractivity contribution in [3.8, 4) is 23.3 Å². The Hall–Kier alpha value is -3.31. The Labute approximate surface area is 176 Å². The first kappa shape index (κ1) is 22.0. The third-order valence-corrected chi connectivity index (χ3v) is 4.30. The fraction of sp³-hybridized carbons (Fsp3) is 0.190. The van der Waals surface area contributed by atoms with Crippen LogP contribution in [0.15, 0.2) is 46.4 Å². The average Bonchev–Trinajstić information content (AvgIpc) is 2.71. The van der Waals surface area contributed by atoms with Gasteiger partial charge in [-0.15, -0.1) is 0 Å². The van der Waals surface area contributed by atoms with Gasteiger partial charge in [0.2, 0.25) is 0 Å². The molecular formula is C21H18BrNO6. The number of hydrogen-bond donors (Lipinski definition) is 0. The molecule has 0 aliphatic rings. The summed E-state index contributed by atoms with van der Waals surface area (Å²) in [7, 11) is 2.60. The molecule has 0 fully saturated rings. The molecule has 0 N–H and O–H groups in total. The minimum absolute atomic E-state index is 0.170. The summed E-state index contributed by atoms with van der Waals surface area (Å²) >= 11 is 3.38. The number of carbonyl (C=O) groups is 2. The van der Waals surface area contributed by atoms with Crippen LogP contribution < -0.4 is 14.2 Å². The highest BCUT2D eigenvalue weighted by molar-refractivity contribution is 9.10. The predicted molar refractivity (Wildman–Crippen MR) is 109 cm³/mol. The fourth-order valence-corrected chi connectivity index (χ4v) is 2.89. The van der Waals surface area contributed by atoms with Crippen LogP contribution in [0.1, 0.15) is 11.1 Å². The molecule has 0 aliphatic carbocycles. The van der Waals surface area contributed by atoms with E-state index in [1.54, 1.807) is 18.2 Å². The molecule has 0 unspecified atom stereocenters. The molecule has 7 nitrogen and oxygen atoms in total. The summed E-state index contributed by atoms with van der Waals surface area (Å²) < 4.78 is 21.3. The Morgan fingerprint density at radius 1 is 1.10 bits per heavy atom. The predicted octanol–water partition coefficient (Wildman–Crippen LogP) is 3.83. The van der Waals surface area contributed by atoms with Crippen molar-refractivity contribution >= 4 is 33.9 Å². The summed E-state index contributed by atoms with van der Waals surface area (Å²) in [4.78, 5) is 23.6. The first-order valence-electron chi connectivity index (χ1n) is 8.35. The van der Waals surface area contributed by atoms with E-state index in [9.17, 15) is 9.59 Å². The van der Waals surface area contributed by atoms with Crippen molar-refractivity contribution in [1.82, 2.24) is 0 Å². The minimum atomic E-state index is -0.749. The summed E-state index contributed by atoms with van der Waals surface area (Å²) in [5.41, 5.74) is 1.39. The number of nitriles is 1. The van der Waals surface area contributed by atoms with Gasteiger partial charge in [-0.3, -0.25) is 0 Å². The lowest BCUT2D eigenvalue weighted by molar-refractivity contribution is -0.137. The number of ether oxygens (including phenoxy) is 4. The zero-order valence-electron chi connectivity index (χ0n) is 16.0. The van der Waals surface area contributed by atoms with Crippen LogP contribution in [0.5, 0.6) is 17.2 Å². The van der Waals surface area contributed by atoms with Gasteiger partial charge in [-0.05, 0) is 64.3 Å². The van der Waals surface area contributed by atoms with Crippen LogP contribution in [0.2, 0.25) is 0 Å². The van der Waals surface area contributed by atoms with Gasteiger partial charge in [0, 0.05) is 0 Å². The van der Waals surface area contributed by atoms with Crippen molar-refractivity contribution in [1.29, 1.82) is 5.26 Å². The number of nitrogens with zero attached hydrogens (tertiary/aromatic N) is 1. The van der Waals surface area contributed by atoms with Gasteiger partial charge in [0.1, 0.15) is 17.4 Å². The van der Waals surface area contributed by atoms with Gasteiger partial charge in [0.15, 0.2) is 18.1 Å². The average molecular weight is 460 g/mol. The van der Waals surface area contributed by atoms with Crippen LogP contribution in [0.4, 0.5) is 0 Å². The number of aryl methyl sites for hydroxylation is 1. The van der Waals surface area contributed by atoms with Crippen LogP contribution in [0.3, 0.4) is 0 Å². The second-order valence-electron chi connectivity index (χ2n) is 5.77. The van der Waals surface area contributed by atoms with E-state index in [0.717, 1.165) is 10.0 Å². The molecule has 0 radical (unpaired) electrons. The normalized spacial score (nSPS) is 10.7. The van der Waals surface area contributed by atoms with Crippen LogP contribution in [0, 0.1) is 18.3 Å². The maximum Gasteiger partial charge on any atom is 0.349 e. The first-order valence-corrected chi connectivity index (χ1v) is 9.15. The van der Waals surface area contributed by atoms with E-state index in [4.69, 9.17) is 19.5 Å². The van der Waals surface area contributed by atoms with Crippen LogP contribution in [0.25, 0.3) is 6.08 Å². The number of esters is 2. The second-order valence-corrected chi connectivity index (χ2v) is 6.62. The van der Waals surface area contributed by atoms with Gasteiger partial charge in [-0.25, -0.2) is 9.59 Å². The van der Waals surface area contributed by atoms with Gasteiger partial charge in [-0.1, -0.05) is 12.1 Å². The lowest BCUT2D eigenvalue weighted by Gasteiger charge is -2.11. The summed E-state index contributed by atoms with van der Waals surface area (Å²) in [5, 5.41) is 9.04. The highest BCUT2D eigenvalue weighted by Gasteiger charge is 2.14. The summed E-state index contributed by atoms with van der Waals surface area (Å²) in [6.45, 7) is 1.64. The Balaban J connectivity index is 2.10. The molecule has 0 aliphatic heterocycles. The standard InChI is InChI=1S/C21H18BrNO6/c1-13-4-6-17(16(22)8-13)28-12-20(24)29-18-7-5-14(10-19(18)26-2)9-15(11-23)21(25)27-3/h4-10H,12H2,1-3H3/b15-9+. The Morgan fingerprint density at radius 3 is 2.45 bits per heavy atom. The van der Waals surface area contributed by atoms with Gasteiger partial charge in [-0.2, -0.15) is 5.26 Å². The van der Waals surface area contributed by atoms with E-state index in [-0.39, 0.29) is 23.7 Å². The van der Waals surface area contributed by atoms with Gasteiger partial charge >= 0.3 is 11.9 Å². The maximum atomic E-state index is 12.1. The molecule has 0 saturated carbocycles. The molecule has 0 amide bonds. The molecule has 8 heteroatoms. The van der Waals surface area contributed by atoms with Crippen molar-refractivity contribution in [3.63, 3.8) is 0 Å². The van der Waals surface area contributed by atoms with E-state index >= 15 is 0 Å². The highest BCUT2D eigenvalue weighted by atomic mass is 79.9. The van der Waals surface area contributed by atoms with Crippen molar-refractivity contribution in [2.45, 2.75) is 6.92 Å². The molecule has 0 aromatic heterocycles. The zero-order valence-corrected chi connectivity index (χ0v) is 17.6. The van der Waals surface area contributed by atoms with E-state index in [1.165, 1.54) is 32.4 Å². The molecule has 2 aromatic rings. The molecule has 29 heavy (non-hydrogen) atoms. The van der Waals surface area contributed by atoms with Crippen LogP contribution in [-0.2, 0) is 14.3 Å². The van der Waals surface area contributed by atoms with Crippen molar-refractivity contribution < 1.29 is 28.5 Å². The zero-order chi connectivity index (χ0) is 21.4. The quantitative estimate of drug-likeness (QED) is 0.268. The smallest absolute Gasteiger partial charge is 0.349 e. The number of carbonyl (C=O) groups excluding carboxylic acids is 2. The monoisotopic (exact) mass is 459 g/mol. The maximum absolute atomic E-state index is 12.1. The van der Waals surface area contributed by atoms with Gasteiger partial charge in [0.25, 0.3) is 0 Å². The molecule has 0 saturated heterocycles. The summed E-state index contributed by atoms with van der Waals surface area (Å²) in [5.74, 6) is -0.414. The molecule has 150 valence electrons. The largest absolute Gasteiger partial charge is 0.493 e. The van der Waals surface area contributed by atoms with Crippen LogP contribution >= 0.6 is 15.9 Å². The van der Waals surface area contributed by atoms with E-state index in [1.807, 2.05) is 19.1 Å². The fourth-order valence-electron chi connectivity index (χ4n) is 2.28. The third kappa shape index (κ3) is 6.09. The van der Waals surface area contributed by atoms with E-state index < -0.39 is 11.9 Å². The number of benzene rings is 2. The second kappa shape index (κ2) is 10.3. The first-order chi connectivity index (χ1) is 13.9. The Morgan fingerprint density at radius 2 is 1.83 bits per heavy atom. The van der Waals surface area contributed by atoms with E-state index in [2.05, 4.69) is 20.7 Å². The summed E-state index contributed by atoms with van der Waals surface area (Å²) in [6.07, 6.45) is 1.35. The van der Waals surface area contributed by atoms with Crippen molar-refractivity contribution in [3.05, 3.63) is 57.6 Å². The molecule has 2 rings (SSSR count). The minimum Gasteiger partial charge on any atom is -0.493 e. The molecule has 0 heterocycles. The van der Waals surface area contributed by atoms with Crippen LogP contribution in [-0.4, -0.2) is 32.8 Å². The summed E-state index contributed by atoms with van der Waals surface area (Å²) in [6, 6.07) is 11.9. The molecule has 0 spiro atoms. The third-order valence-electron chi connectivity index (χ3n) is 3.68. The van der Waals surface area contributed by atoms with Gasteiger partial charge < -0.3 is 18.9 Å². The SMILES string of the molecule is COC(=O)/C(C#N)=C/c1ccc(OC(=O)COc2ccc(C)cc2Br)c(OC)c1. The number of rotatable bonds is 7. The molecular weight excluding hydrogens is 442 g/mol. The van der Waals surface area contributed by atoms with E-state index in [0.29, 0.717) is 11.3 Å². The van der Waals surface area contributed by atoms with Gasteiger partial charge in [0.05, 0.1) is 18.7 Å². The Kier molecular flexibility index (Phi) is 7.80. The topological polar surface area (TPSA) is 94.9 Å². The molecule has 0 bridgehead atoms. The number of halogens is 1.